The van der Waals surface area contributed by atoms with Gasteiger partial charge in [-0.1, -0.05) is 54.6 Å². The van der Waals surface area contributed by atoms with Crippen LogP contribution in [0.4, 0.5) is 10.5 Å². The summed E-state index contributed by atoms with van der Waals surface area (Å²) in [5, 5.41) is 11.3. The summed E-state index contributed by atoms with van der Waals surface area (Å²) in [7, 11) is 1.97. The van der Waals surface area contributed by atoms with Gasteiger partial charge in [0.25, 0.3) is 0 Å². The Bertz CT molecular complexity index is 749. The van der Waals surface area contributed by atoms with Crippen molar-refractivity contribution in [3.63, 3.8) is 0 Å². The smallest absolute Gasteiger partial charge is 0.407 e. The Morgan fingerprint density at radius 2 is 1.92 bits per heavy atom. The number of carbonyl (C=O) groups excluding carboxylic acids is 1. The Kier molecular flexibility index (Phi) is 7.75. The maximum Gasteiger partial charge on any atom is 0.407 e. The number of ether oxygens (including phenoxy) is 1. The lowest BCUT2D eigenvalue weighted by atomic mass is 10.2. The second kappa shape index (κ2) is 10.6. The molecular weight excluding hydrogens is 326 g/mol. The molecule has 0 aliphatic heterocycles. The van der Waals surface area contributed by atoms with E-state index in [2.05, 4.69) is 11.4 Å². The molecule has 0 atom stereocenters. The quantitative estimate of drug-likeness (QED) is 0.783. The molecule has 0 heterocycles. The first-order valence-electron chi connectivity index (χ1n) is 8.48. The molecule has 1 N–H and O–H groups in total. The lowest BCUT2D eigenvalue weighted by Crippen LogP contribution is -2.24. The third kappa shape index (κ3) is 6.70. The molecule has 5 nitrogen and oxygen atoms in total. The van der Waals surface area contributed by atoms with E-state index in [1.54, 1.807) is 0 Å². The maximum atomic E-state index is 11.6. The summed E-state index contributed by atoms with van der Waals surface area (Å²) in [5.41, 5.74) is 3.07. The van der Waals surface area contributed by atoms with Crippen LogP contribution in [0.2, 0.25) is 0 Å². The number of anilines is 1. The van der Waals surface area contributed by atoms with Crippen molar-refractivity contribution in [2.24, 2.45) is 0 Å². The van der Waals surface area contributed by atoms with Gasteiger partial charge >= 0.3 is 6.09 Å². The highest BCUT2D eigenvalue weighted by molar-refractivity contribution is 5.67. The highest BCUT2D eigenvalue weighted by atomic mass is 16.5. The van der Waals surface area contributed by atoms with Crippen LogP contribution in [0, 0.1) is 11.3 Å². The first-order chi connectivity index (χ1) is 12.7. The first-order valence-corrected chi connectivity index (χ1v) is 8.48. The van der Waals surface area contributed by atoms with Crippen LogP contribution in [0.15, 0.2) is 60.7 Å². The summed E-state index contributed by atoms with van der Waals surface area (Å²) in [4.78, 5) is 13.7. The van der Waals surface area contributed by atoms with Gasteiger partial charge in [-0.25, -0.2) is 4.79 Å². The summed E-state index contributed by atoms with van der Waals surface area (Å²) in [6.07, 6.45) is 3.88. The Balaban J connectivity index is 1.71. The number of nitrogens with zero attached hydrogens (tertiary/aromatic N) is 2. The minimum Gasteiger partial charge on any atom is -0.445 e. The minimum absolute atomic E-state index is 0.261. The van der Waals surface area contributed by atoms with Gasteiger partial charge in [-0.3, -0.25) is 0 Å². The molecule has 0 aliphatic carbocycles. The number of carbonyl (C=O) groups is 1. The number of nitrogens with one attached hydrogen (secondary N) is 1. The zero-order valence-corrected chi connectivity index (χ0v) is 14.9. The molecule has 1 amide bonds. The van der Waals surface area contributed by atoms with E-state index in [0.29, 0.717) is 19.5 Å². The van der Waals surface area contributed by atoms with Crippen LogP contribution in [0.1, 0.15) is 17.5 Å². The summed E-state index contributed by atoms with van der Waals surface area (Å²) in [5.74, 6) is 0. The number of rotatable bonds is 8. The van der Waals surface area contributed by atoms with Gasteiger partial charge < -0.3 is 15.0 Å². The summed E-state index contributed by atoms with van der Waals surface area (Å²) < 4.78 is 5.14. The van der Waals surface area contributed by atoms with E-state index >= 15 is 0 Å². The molecule has 2 rings (SSSR count). The third-order valence-electron chi connectivity index (χ3n) is 3.78. The highest BCUT2D eigenvalue weighted by Gasteiger charge is 2.01. The molecule has 0 aliphatic rings. The normalized spacial score (nSPS) is 10.3. The van der Waals surface area contributed by atoms with Crippen molar-refractivity contribution in [1.29, 1.82) is 5.26 Å². The fourth-order valence-electron chi connectivity index (χ4n) is 2.30. The van der Waals surface area contributed by atoms with Gasteiger partial charge in [0.05, 0.1) is 12.5 Å². The largest absolute Gasteiger partial charge is 0.445 e. The summed E-state index contributed by atoms with van der Waals surface area (Å²) in [6, 6.07) is 19.7. The number of alkyl carbamates (subject to hydrolysis) is 1. The fourth-order valence-corrected chi connectivity index (χ4v) is 2.30. The van der Waals surface area contributed by atoms with Crippen LogP contribution in [0.5, 0.6) is 0 Å². The first kappa shape index (κ1) is 19.1. The zero-order valence-electron chi connectivity index (χ0n) is 14.9. The van der Waals surface area contributed by atoms with Crippen LogP contribution in [0.25, 0.3) is 6.08 Å². The van der Waals surface area contributed by atoms with Crippen LogP contribution in [0.3, 0.4) is 0 Å². The fraction of sp³-hybridized carbons (Fsp3) is 0.238. The molecule has 26 heavy (non-hydrogen) atoms. The predicted octanol–water partition coefficient (Wildman–Crippen LogP) is 3.98. The maximum absolute atomic E-state index is 11.6. The SMILES string of the molecule is CN(CCC#N)c1ccc(C=CCNC(=O)OCc2ccccc2)cc1. The average molecular weight is 349 g/mol. The second-order valence-electron chi connectivity index (χ2n) is 5.77. The Hall–Kier alpha value is -3.26. The van der Waals surface area contributed by atoms with Gasteiger partial charge in [-0.05, 0) is 23.3 Å². The van der Waals surface area contributed by atoms with E-state index < -0.39 is 6.09 Å². The topological polar surface area (TPSA) is 65.4 Å². The van der Waals surface area contributed by atoms with Crippen LogP contribution < -0.4 is 10.2 Å². The molecule has 0 radical (unpaired) electrons. The Morgan fingerprint density at radius 1 is 1.19 bits per heavy atom. The Morgan fingerprint density at radius 3 is 2.62 bits per heavy atom. The average Bonchev–Trinajstić information content (AvgIpc) is 2.69. The molecule has 2 aromatic carbocycles. The molecule has 134 valence electrons. The number of hydrogen-bond acceptors (Lipinski definition) is 4. The van der Waals surface area contributed by atoms with Gasteiger partial charge in [-0.2, -0.15) is 5.26 Å². The van der Waals surface area contributed by atoms with Crippen molar-refractivity contribution in [2.75, 3.05) is 25.0 Å². The van der Waals surface area contributed by atoms with E-state index in [1.165, 1.54) is 0 Å². The van der Waals surface area contributed by atoms with Gasteiger partial charge in [0, 0.05) is 25.8 Å². The van der Waals surface area contributed by atoms with Gasteiger partial charge in [-0.15, -0.1) is 0 Å². The van der Waals surface area contributed by atoms with Crippen molar-refractivity contribution in [3.8, 4) is 6.07 Å². The number of amides is 1. The molecule has 0 saturated heterocycles. The van der Waals surface area contributed by atoms with E-state index in [0.717, 1.165) is 16.8 Å². The van der Waals surface area contributed by atoms with Gasteiger partial charge in [0.15, 0.2) is 0 Å². The number of benzene rings is 2. The van der Waals surface area contributed by atoms with Crippen LogP contribution in [-0.4, -0.2) is 26.2 Å². The molecule has 0 saturated carbocycles. The summed E-state index contributed by atoms with van der Waals surface area (Å²) >= 11 is 0. The standard InChI is InChI=1S/C21H23N3O2/c1-24(16-6-14-22)20-12-10-18(11-13-20)9-5-15-23-21(25)26-17-19-7-3-2-4-8-19/h2-5,7-13H,6,15-17H2,1H3,(H,23,25). The molecule has 0 aromatic heterocycles. The second-order valence-corrected chi connectivity index (χ2v) is 5.77. The monoisotopic (exact) mass is 349 g/mol. The zero-order chi connectivity index (χ0) is 18.6. The molecule has 0 spiro atoms. The van der Waals surface area contributed by atoms with E-state index in [9.17, 15) is 4.79 Å². The van der Waals surface area contributed by atoms with Crippen molar-refractivity contribution < 1.29 is 9.53 Å². The molecular formula is C21H23N3O2. The molecule has 0 unspecified atom stereocenters. The number of hydrogen-bond donors (Lipinski definition) is 1. The molecule has 5 heteroatoms. The highest BCUT2D eigenvalue weighted by Crippen LogP contribution is 2.14. The number of nitriles is 1. The van der Waals surface area contributed by atoms with Crippen molar-refractivity contribution in [1.82, 2.24) is 5.32 Å². The summed E-state index contributed by atoms with van der Waals surface area (Å²) in [6.45, 7) is 1.37. The van der Waals surface area contributed by atoms with Gasteiger partial charge in [0.1, 0.15) is 6.61 Å². The van der Waals surface area contributed by atoms with Crippen molar-refractivity contribution in [3.05, 3.63) is 71.8 Å². The molecule has 0 fully saturated rings. The van der Waals surface area contributed by atoms with Gasteiger partial charge in [0.2, 0.25) is 0 Å². The molecule has 0 bridgehead atoms. The third-order valence-corrected chi connectivity index (χ3v) is 3.78. The minimum atomic E-state index is -0.437. The van der Waals surface area contributed by atoms with E-state index in [-0.39, 0.29) is 6.61 Å². The lowest BCUT2D eigenvalue weighted by Gasteiger charge is -2.17. The van der Waals surface area contributed by atoms with Crippen molar-refractivity contribution in [2.45, 2.75) is 13.0 Å². The van der Waals surface area contributed by atoms with E-state index in [4.69, 9.17) is 10.00 Å². The van der Waals surface area contributed by atoms with E-state index in [1.807, 2.05) is 78.7 Å². The Labute approximate surface area is 154 Å². The van der Waals surface area contributed by atoms with Crippen molar-refractivity contribution >= 4 is 17.9 Å². The molecule has 2 aromatic rings. The predicted molar refractivity (Wildman–Crippen MR) is 104 cm³/mol. The van der Waals surface area contributed by atoms with Crippen LogP contribution >= 0.6 is 0 Å². The van der Waals surface area contributed by atoms with Crippen LogP contribution in [-0.2, 0) is 11.3 Å². The lowest BCUT2D eigenvalue weighted by molar-refractivity contribution is 0.141.